The molecular formula is C25H29ClN2O2. The van der Waals surface area contributed by atoms with Gasteiger partial charge in [-0.2, -0.15) is 0 Å². The Bertz CT molecular complexity index is 965. The number of furan rings is 1. The zero-order valence-corrected chi connectivity index (χ0v) is 18.5. The lowest BCUT2D eigenvalue weighted by Gasteiger charge is -2.26. The molecule has 1 aliphatic rings. The van der Waals surface area contributed by atoms with Gasteiger partial charge in [0.25, 0.3) is 5.91 Å². The first kappa shape index (κ1) is 22.1. The molecule has 30 heavy (non-hydrogen) atoms. The molecule has 2 aromatic carbocycles. The van der Waals surface area contributed by atoms with Crippen LogP contribution in [0.1, 0.15) is 38.6 Å². The largest absolute Gasteiger partial charge is 0.463 e. The van der Waals surface area contributed by atoms with E-state index in [9.17, 15) is 4.79 Å². The molecule has 0 spiro atoms. The van der Waals surface area contributed by atoms with Gasteiger partial charge >= 0.3 is 0 Å². The van der Waals surface area contributed by atoms with E-state index in [0.29, 0.717) is 6.54 Å². The molecule has 5 heteroatoms. The van der Waals surface area contributed by atoms with Gasteiger partial charge in [0, 0.05) is 12.1 Å². The minimum Gasteiger partial charge on any atom is -0.463 e. The second-order valence-corrected chi connectivity index (χ2v) is 8.06. The summed E-state index contributed by atoms with van der Waals surface area (Å²) in [5.74, 6) is 1.98. The Balaban J connectivity index is 0.00000256. The van der Waals surface area contributed by atoms with Crippen LogP contribution in [0.3, 0.4) is 0 Å². The van der Waals surface area contributed by atoms with Gasteiger partial charge in [-0.3, -0.25) is 4.79 Å². The van der Waals surface area contributed by atoms with Crippen molar-refractivity contribution in [3.8, 4) is 0 Å². The Morgan fingerprint density at radius 1 is 1.00 bits per heavy atom. The van der Waals surface area contributed by atoms with Gasteiger partial charge in [0.2, 0.25) is 0 Å². The maximum absolute atomic E-state index is 13.0. The molecule has 1 aromatic heterocycles. The van der Waals surface area contributed by atoms with Gasteiger partial charge in [0.05, 0.1) is 13.1 Å². The van der Waals surface area contributed by atoms with E-state index in [1.165, 1.54) is 16.7 Å². The highest BCUT2D eigenvalue weighted by atomic mass is 35.5. The second-order valence-electron chi connectivity index (χ2n) is 8.06. The molecule has 0 fully saturated rings. The van der Waals surface area contributed by atoms with Gasteiger partial charge in [-0.1, -0.05) is 42.5 Å². The van der Waals surface area contributed by atoms with E-state index in [-0.39, 0.29) is 18.3 Å². The van der Waals surface area contributed by atoms with Gasteiger partial charge in [0.1, 0.15) is 11.5 Å². The summed E-state index contributed by atoms with van der Waals surface area (Å²) in [6.45, 7) is 2.07. The van der Waals surface area contributed by atoms with E-state index >= 15 is 0 Å². The molecule has 4 rings (SSSR count). The molecule has 0 unspecified atom stereocenters. The van der Waals surface area contributed by atoms with Gasteiger partial charge in [0.15, 0.2) is 0 Å². The second kappa shape index (κ2) is 9.96. The Morgan fingerprint density at radius 3 is 2.33 bits per heavy atom. The third-order valence-corrected chi connectivity index (χ3v) is 5.44. The molecule has 0 aliphatic carbocycles. The SMILES string of the molecule is CN(C)Cc1cc2c(o1)CN(C(=O)c1ccc(CCc3ccccc3)cc1)CC2.Cl. The summed E-state index contributed by atoms with van der Waals surface area (Å²) in [4.78, 5) is 16.9. The Kier molecular flexibility index (Phi) is 7.35. The van der Waals surface area contributed by atoms with Crippen molar-refractivity contribution in [2.45, 2.75) is 32.4 Å². The average molecular weight is 425 g/mol. The fourth-order valence-corrected chi connectivity index (χ4v) is 3.87. The van der Waals surface area contributed by atoms with Crippen molar-refractivity contribution in [2.24, 2.45) is 0 Å². The predicted octanol–water partition coefficient (Wildman–Crippen LogP) is 4.75. The third kappa shape index (κ3) is 5.32. The number of benzene rings is 2. The lowest BCUT2D eigenvalue weighted by molar-refractivity contribution is 0.0718. The van der Waals surface area contributed by atoms with Crippen molar-refractivity contribution < 1.29 is 9.21 Å². The van der Waals surface area contributed by atoms with Crippen LogP contribution in [0.5, 0.6) is 0 Å². The summed E-state index contributed by atoms with van der Waals surface area (Å²) >= 11 is 0. The van der Waals surface area contributed by atoms with Crippen LogP contribution in [-0.2, 0) is 32.4 Å². The van der Waals surface area contributed by atoms with Crippen LogP contribution in [0.15, 0.2) is 65.1 Å². The zero-order chi connectivity index (χ0) is 20.2. The zero-order valence-electron chi connectivity index (χ0n) is 17.6. The summed E-state index contributed by atoms with van der Waals surface area (Å²) in [7, 11) is 4.06. The van der Waals surface area contributed by atoms with Crippen molar-refractivity contribution in [3.63, 3.8) is 0 Å². The number of fused-ring (bicyclic) bond motifs is 1. The van der Waals surface area contributed by atoms with Crippen LogP contribution in [0.2, 0.25) is 0 Å². The van der Waals surface area contributed by atoms with Crippen LogP contribution >= 0.6 is 12.4 Å². The molecule has 1 amide bonds. The lowest BCUT2D eigenvalue weighted by atomic mass is 10.0. The standard InChI is InChI=1S/C25H28N2O2.ClH/c1-26(2)17-23-16-22-14-15-27(18-24(22)29-23)25(28)21-12-10-20(11-13-21)9-8-19-6-4-3-5-7-19;/h3-7,10-13,16H,8-9,14-15,17-18H2,1-2H3;1H. The Morgan fingerprint density at radius 2 is 1.67 bits per heavy atom. The highest BCUT2D eigenvalue weighted by molar-refractivity contribution is 5.94. The van der Waals surface area contributed by atoms with Crippen LogP contribution in [0.25, 0.3) is 0 Å². The predicted molar refractivity (Wildman–Crippen MR) is 122 cm³/mol. The van der Waals surface area contributed by atoms with Crippen LogP contribution in [0, 0.1) is 0 Å². The Hall–Kier alpha value is -2.56. The maximum atomic E-state index is 13.0. The monoisotopic (exact) mass is 424 g/mol. The first-order valence-corrected chi connectivity index (χ1v) is 10.3. The topological polar surface area (TPSA) is 36.7 Å². The number of carbonyl (C=O) groups is 1. The van der Waals surface area contributed by atoms with Gasteiger partial charge in [-0.15, -0.1) is 12.4 Å². The van der Waals surface area contributed by atoms with E-state index in [4.69, 9.17) is 4.42 Å². The number of amides is 1. The minimum absolute atomic E-state index is 0. The summed E-state index contributed by atoms with van der Waals surface area (Å²) < 4.78 is 5.99. The first-order valence-electron chi connectivity index (χ1n) is 10.3. The number of halogens is 1. The summed E-state index contributed by atoms with van der Waals surface area (Å²) in [6, 6.07) is 20.7. The molecule has 1 aliphatic heterocycles. The summed E-state index contributed by atoms with van der Waals surface area (Å²) in [5, 5.41) is 0. The molecule has 0 saturated heterocycles. The lowest BCUT2D eigenvalue weighted by Crippen LogP contribution is -2.35. The van der Waals surface area contributed by atoms with Crippen LogP contribution in [0.4, 0.5) is 0 Å². The third-order valence-electron chi connectivity index (χ3n) is 5.44. The van der Waals surface area contributed by atoms with E-state index in [2.05, 4.69) is 47.4 Å². The van der Waals surface area contributed by atoms with Crippen molar-refractivity contribution in [2.75, 3.05) is 20.6 Å². The van der Waals surface area contributed by atoms with Gasteiger partial charge < -0.3 is 14.2 Å². The highest BCUT2D eigenvalue weighted by Crippen LogP contribution is 2.25. The number of aryl methyl sites for hydroxylation is 2. The molecule has 158 valence electrons. The number of rotatable bonds is 6. The van der Waals surface area contributed by atoms with Crippen LogP contribution < -0.4 is 0 Å². The maximum Gasteiger partial charge on any atom is 0.254 e. The average Bonchev–Trinajstić information content (AvgIpc) is 3.13. The molecule has 3 aromatic rings. The molecule has 0 saturated carbocycles. The van der Waals surface area contributed by atoms with Crippen LogP contribution in [-0.4, -0.2) is 36.3 Å². The van der Waals surface area contributed by atoms with E-state index < -0.39 is 0 Å². The van der Waals surface area contributed by atoms with Gasteiger partial charge in [-0.05, 0) is 68.2 Å². The first-order chi connectivity index (χ1) is 14.1. The molecule has 0 bridgehead atoms. The van der Waals surface area contributed by atoms with E-state index in [1.807, 2.05) is 37.2 Å². The minimum atomic E-state index is 0. The van der Waals surface area contributed by atoms with Crippen molar-refractivity contribution in [3.05, 3.63) is 94.4 Å². The number of carbonyl (C=O) groups excluding carboxylic acids is 1. The Labute approximate surface area is 184 Å². The molecule has 0 radical (unpaired) electrons. The van der Waals surface area contributed by atoms with Crippen molar-refractivity contribution in [1.82, 2.24) is 9.80 Å². The quantitative estimate of drug-likeness (QED) is 0.573. The highest BCUT2D eigenvalue weighted by Gasteiger charge is 2.25. The summed E-state index contributed by atoms with van der Waals surface area (Å²) in [5.41, 5.74) is 4.58. The smallest absolute Gasteiger partial charge is 0.254 e. The molecular weight excluding hydrogens is 396 g/mol. The van der Waals surface area contributed by atoms with E-state index in [1.54, 1.807) is 0 Å². The summed E-state index contributed by atoms with van der Waals surface area (Å²) in [6.07, 6.45) is 2.84. The molecule has 2 heterocycles. The molecule has 0 atom stereocenters. The van der Waals surface area contributed by atoms with Crippen molar-refractivity contribution in [1.29, 1.82) is 0 Å². The molecule has 4 nitrogen and oxygen atoms in total. The molecule has 0 N–H and O–H groups in total. The number of nitrogens with zero attached hydrogens (tertiary/aromatic N) is 2. The van der Waals surface area contributed by atoms with E-state index in [0.717, 1.165) is 49.4 Å². The number of hydrogen-bond donors (Lipinski definition) is 0. The normalized spacial score (nSPS) is 13.1. The van der Waals surface area contributed by atoms with Crippen molar-refractivity contribution >= 4 is 18.3 Å². The number of hydrogen-bond acceptors (Lipinski definition) is 3. The fourth-order valence-electron chi connectivity index (χ4n) is 3.87. The fraction of sp³-hybridized carbons (Fsp3) is 0.320. The van der Waals surface area contributed by atoms with Gasteiger partial charge in [-0.25, -0.2) is 0 Å².